The molecule has 9 heteroatoms. The van der Waals surface area contributed by atoms with Crippen molar-refractivity contribution in [2.75, 3.05) is 18.4 Å². The van der Waals surface area contributed by atoms with Gasteiger partial charge in [-0.15, -0.1) is 5.10 Å². The lowest BCUT2D eigenvalue weighted by atomic mass is 10.2. The summed E-state index contributed by atoms with van der Waals surface area (Å²) in [5, 5.41) is 10.2. The van der Waals surface area contributed by atoms with Crippen LogP contribution in [0.25, 0.3) is 0 Å². The average molecular weight is 362 g/mol. The van der Waals surface area contributed by atoms with Crippen molar-refractivity contribution in [1.82, 2.24) is 14.5 Å². The number of anilines is 1. The van der Waals surface area contributed by atoms with Crippen molar-refractivity contribution in [3.8, 4) is 0 Å². The minimum Gasteiger partial charge on any atom is -0.408 e. The fourth-order valence-electron chi connectivity index (χ4n) is 2.81. The molecule has 1 N–H and O–H groups in total. The van der Waals surface area contributed by atoms with E-state index in [-0.39, 0.29) is 10.9 Å². The van der Waals surface area contributed by atoms with E-state index in [1.165, 1.54) is 28.6 Å². The first-order valence-corrected chi connectivity index (χ1v) is 9.73. The molecule has 1 saturated carbocycles. The second-order valence-electron chi connectivity index (χ2n) is 6.31. The zero-order valence-electron chi connectivity index (χ0n) is 13.5. The van der Waals surface area contributed by atoms with Crippen LogP contribution in [0.15, 0.2) is 33.6 Å². The Morgan fingerprint density at radius 3 is 2.44 bits per heavy atom. The van der Waals surface area contributed by atoms with E-state index >= 15 is 0 Å². The number of carbonyl (C=O) groups excluding carboxylic acids is 1. The third-order valence-electron chi connectivity index (χ3n) is 4.41. The van der Waals surface area contributed by atoms with Crippen LogP contribution in [0.5, 0.6) is 0 Å². The first-order chi connectivity index (χ1) is 12.0. The first kappa shape index (κ1) is 16.2. The lowest BCUT2D eigenvalue weighted by Gasteiger charge is -2.15. The number of aromatic nitrogens is 2. The number of rotatable bonds is 5. The molecule has 1 aromatic heterocycles. The van der Waals surface area contributed by atoms with Crippen LogP contribution in [0.3, 0.4) is 0 Å². The minimum atomic E-state index is -3.48. The maximum Gasteiger partial charge on any atom is 0.322 e. The molecule has 0 unspecified atom stereocenters. The van der Waals surface area contributed by atoms with Crippen LogP contribution >= 0.6 is 0 Å². The molecule has 1 aliphatic carbocycles. The van der Waals surface area contributed by atoms with Crippen LogP contribution in [0.2, 0.25) is 0 Å². The van der Waals surface area contributed by atoms with E-state index < -0.39 is 15.9 Å². The zero-order valence-corrected chi connectivity index (χ0v) is 14.3. The second-order valence-corrected chi connectivity index (χ2v) is 8.25. The van der Waals surface area contributed by atoms with Crippen molar-refractivity contribution < 1.29 is 17.6 Å². The Hall–Kier alpha value is -2.26. The summed E-state index contributed by atoms with van der Waals surface area (Å²) < 4.78 is 31.8. The Labute approximate surface area is 145 Å². The van der Waals surface area contributed by atoms with Gasteiger partial charge in [-0.2, -0.15) is 4.31 Å². The van der Waals surface area contributed by atoms with Gasteiger partial charge >= 0.3 is 6.01 Å². The molecule has 1 aliphatic heterocycles. The molecule has 2 fully saturated rings. The van der Waals surface area contributed by atoms with Gasteiger partial charge in [0.05, 0.1) is 4.90 Å². The molecule has 132 valence electrons. The lowest BCUT2D eigenvalue weighted by Crippen LogP contribution is -2.27. The Bertz CT molecular complexity index is 881. The molecule has 0 spiro atoms. The predicted molar refractivity (Wildman–Crippen MR) is 88.7 cm³/mol. The smallest absolute Gasteiger partial charge is 0.322 e. The molecule has 1 amide bonds. The van der Waals surface area contributed by atoms with E-state index in [0.29, 0.717) is 30.5 Å². The topological polar surface area (TPSA) is 105 Å². The predicted octanol–water partition coefficient (Wildman–Crippen LogP) is 1.98. The molecule has 0 atom stereocenters. The van der Waals surface area contributed by atoms with Crippen LogP contribution < -0.4 is 5.32 Å². The van der Waals surface area contributed by atoms with E-state index in [2.05, 4.69) is 15.5 Å². The van der Waals surface area contributed by atoms with Crippen molar-refractivity contribution in [3.05, 3.63) is 35.7 Å². The van der Waals surface area contributed by atoms with Gasteiger partial charge in [-0.05, 0) is 49.9 Å². The standard InChI is InChI=1S/C16H18N4O4S/c21-14(17-16-19-18-15(24-16)12-3-4-12)11-5-7-13(8-6-11)25(22,23)20-9-1-2-10-20/h5-8,12H,1-4,9-10H2,(H,17,19,21). The summed E-state index contributed by atoms with van der Waals surface area (Å²) in [4.78, 5) is 12.4. The Morgan fingerprint density at radius 1 is 1.12 bits per heavy atom. The monoisotopic (exact) mass is 362 g/mol. The molecule has 2 aliphatic rings. The fourth-order valence-corrected chi connectivity index (χ4v) is 4.32. The number of nitrogens with one attached hydrogen (secondary N) is 1. The van der Waals surface area contributed by atoms with Crippen LogP contribution in [0.1, 0.15) is 47.8 Å². The van der Waals surface area contributed by atoms with Gasteiger partial charge in [0, 0.05) is 24.6 Å². The van der Waals surface area contributed by atoms with Crippen molar-refractivity contribution in [3.63, 3.8) is 0 Å². The van der Waals surface area contributed by atoms with Gasteiger partial charge in [-0.25, -0.2) is 8.42 Å². The largest absolute Gasteiger partial charge is 0.408 e. The lowest BCUT2D eigenvalue weighted by molar-refractivity contribution is 0.102. The van der Waals surface area contributed by atoms with Gasteiger partial charge in [0.1, 0.15) is 0 Å². The maximum absolute atomic E-state index is 12.5. The molecular formula is C16H18N4O4S. The number of amides is 1. The van der Waals surface area contributed by atoms with Gasteiger partial charge in [0.15, 0.2) is 0 Å². The number of nitrogens with zero attached hydrogens (tertiary/aromatic N) is 3. The maximum atomic E-state index is 12.5. The average Bonchev–Trinajstić information content (AvgIpc) is 3.11. The molecule has 4 rings (SSSR count). The molecule has 1 aromatic carbocycles. The molecule has 2 aromatic rings. The summed E-state index contributed by atoms with van der Waals surface area (Å²) in [6.45, 7) is 1.09. The van der Waals surface area contributed by atoms with Gasteiger partial charge in [0.25, 0.3) is 5.91 Å². The quantitative estimate of drug-likeness (QED) is 0.872. The van der Waals surface area contributed by atoms with Crippen molar-refractivity contribution >= 4 is 21.9 Å². The number of carbonyl (C=O) groups is 1. The van der Waals surface area contributed by atoms with Gasteiger partial charge in [-0.1, -0.05) is 5.10 Å². The highest BCUT2D eigenvalue weighted by molar-refractivity contribution is 7.89. The van der Waals surface area contributed by atoms with Crippen LogP contribution in [0.4, 0.5) is 6.01 Å². The Kier molecular flexibility index (Phi) is 4.04. The summed E-state index contributed by atoms with van der Waals surface area (Å²) in [5.41, 5.74) is 0.326. The number of hydrogen-bond donors (Lipinski definition) is 1. The summed E-state index contributed by atoms with van der Waals surface area (Å²) in [7, 11) is -3.48. The molecule has 2 heterocycles. The van der Waals surface area contributed by atoms with Crippen LogP contribution in [-0.4, -0.2) is 41.9 Å². The van der Waals surface area contributed by atoms with Crippen LogP contribution in [-0.2, 0) is 10.0 Å². The molecule has 1 saturated heterocycles. The highest BCUT2D eigenvalue weighted by atomic mass is 32.2. The highest BCUT2D eigenvalue weighted by Gasteiger charge is 2.30. The van der Waals surface area contributed by atoms with Crippen molar-refractivity contribution in [1.29, 1.82) is 0 Å². The van der Waals surface area contributed by atoms with E-state index in [1.54, 1.807) is 0 Å². The zero-order chi connectivity index (χ0) is 17.4. The highest BCUT2D eigenvalue weighted by Crippen LogP contribution is 2.39. The molecule has 8 nitrogen and oxygen atoms in total. The van der Waals surface area contributed by atoms with Crippen molar-refractivity contribution in [2.24, 2.45) is 0 Å². The minimum absolute atomic E-state index is 0.0562. The molecule has 0 bridgehead atoms. The number of benzene rings is 1. The van der Waals surface area contributed by atoms with Crippen molar-refractivity contribution in [2.45, 2.75) is 36.5 Å². The first-order valence-electron chi connectivity index (χ1n) is 8.29. The van der Waals surface area contributed by atoms with Crippen LogP contribution in [0, 0.1) is 0 Å². The Morgan fingerprint density at radius 2 is 1.80 bits per heavy atom. The summed E-state index contributed by atoms with van der Waals surface area (Å²) in [6, 6.07) is 5.92. The van der Waals surface area contributed by atoms with E-state index in [9.17, 15) is 13.2 Å². The van der Waals surface area contributed by atoms with Gasteiger partial charge in [0.2, 0.25) is 15.9 Å². The Balaban J connectivity index is 1.46. The van der Waals surface area contributed by atoms with E-state index in [4.69, 9.17) is 4.42 Å². The SMILES string of the molecule is O=C(Nc1nnc(C2CC2)o1)c1ccc(S(=O)(=O)N2CCCC2)cc1. The normalized spacial score (nSPS) is 18.4. The summed E-state index contributed by atoms with van der Waals surface area (Å²) in [6.07, 6.45) is 3.82. The third-order valence-corrected chi connectivity index (χ3v) is 6.32. The van der Waals surface area contributed by atoms with E-state index in [0.717, 1.165) is 25.7 Å². The summed E-state index contributed by atoms with van der Waals surface area (Å²) >= 11 is 0. The fraction of sp³-hybridized carbons (Fsp3) is 0.438. The van der Waals surface area contributed by atoms with E-state index in [1.807, 2.05) is 0 Å². The molecule has 0 radical (unpaired) electrons. The van der Waals surface area contributed by atoms with Gasteiger partial charge in [-0.3, -0.25) is 10.1 Å². The molecular weight excluding hydrogens is 344 g/mol. The summed E-state index contributed by atoms with van der Waals surface area (Å²) in [5.74, 6) is 0.437. The van der Waals surface area contributed by atoms with Gasteiger partial charge < -0.3 is 4.42 Å². The third kappa shape index (κ3) is 3.29. The number of hydrogen-bond acceptors (Lipinski definition) is 6. The molecule has 25 heavy (non-hydrogen) atoms. The number of sulfonamides is 1. The second kappa shape index (κ2) is 6.23.